The minimum absolute atomic E-state index is 0.0103. The fourth-order valence-electron chi connectivity index (χ4n) is 3.49. The lowest BCUT2D eigenvalue weighted by molar-refractivity contribution is -0.202. The molecule has 0 radical (unpaired) electrons. The lowest BCUT2D eigenvalue weighted by atomic mass is 9.92. The number of alkyl halides is 3. The number of nitrogens with zero attached hydrogens (tertiary/aromatic N) is 1. The predicted octanol–water partition coefficient (Wildman–Crippen LogP) is 3.92. The summed E-state index contributed by atoms with van der Waals surface area (Å²) in [7, 11) is 0. The molecule has 2 heterocycles. The number of hydrogen-bond donors (Lipinski definition) is 1. The minimum atomic E-state index is -4.90. The summed E-state index contributed by atoms with van der Waals surface area (Å²) in [6.45, 7) is 1.55. The molecule has 0 fully saturated rings. The zero-order chi connectivity index (χ0) is 20.8. The molecule has 1 atom stereocenters. The van der Waals surface area contributed by atoms with E-state index in [4.69, 9.17) is 4.74 Å². The lowest BCUT2D eigenvalue weighted by Crippen LogP contribution is -2.68. The lowest BCUT2D eigenvalue weighted by Gasteiger charge is -2.47. The second-order valence-electron chi connectivity index (χ2n) is 6.33. The minimum Gasteiger partial charge on any atom is -0.462 e. The Kier molecular flexibility index (Phi) is 4.57. The van der Waals surface area contributed by atoms with Crippen molar-refractivity contribution in [1.82, 2.24) is 5.32 Å². The van der Waals surface area contributed by atoms with Crippen molar-refractivity contribution >= 4 is 29.3 Å². The summed E-state index contributed by atoms with van der Waals surface area (Å²) in [5.41, 5.74) is -3.23. The summed E-state index contributed by atoms with van der Waals surface area (Å²) in [4.78, 5) is 26.8. The van der Waals surface area contributed by atoms with Crippen LogP contribution in [0.1, 0.15) is 12.5 Å². The number of ether oxygens (including phenoxy) is 1. The van der Waals surface area contributed by atoms with Crippen molar-refractivity contribution in [2.24, 2.45) is 0 Å². The van der Waals surface area contributed by atoms with Crippen LogP contribution in [0.2, 0.25) is 0 Å². The number of halogens is 3. The van der Waals surface area contributed by atoms with Gasteiger partial charge < -0.3 is 10.1 Å². The van der Waals surface area contributed by atoms with Gasteiger partial charge in [0, 0.05) is 10.5 Å². The molecule has 2 aliphatic rings. The molecular formula is C20H15F3N2O3S. The number of hydrogen-bond acceptors (Lipinski definition) is 5. The molecule has 1 amide bonds. The van der Waals surface area contributed by atoms with Gasteiger partial charge in [0.25, 0.3) is 5.91 Å². The van der Waals surface area contributed by atoms with E-state index in [0.29, 0.717) is 4.90 Å². The van der Waals surface area contributed by atoms with Crippen molar-refractivity contribution < 1.29 is 27.5 Å². The molecule has 2 aromatic carbocycles. The van der Waals surface area contributed by atoms with E-state index >= 15 is 0 Å². The van der Waals surface area contributed by atoms with Crippen LogP contribution in [-0.2, 0) is 20.0 Å². The van der Waals surface area contributed by atoms with Gasteiger partial charge in [0.2, 0.25) is 5.66 Å². The first kappa shape index (κ1) is 19.4. The number of anilines is 1. The van der Waals surface area contributed by atoms with Crippen molar-refractivity contribution in [2.75, 3.05) is 11.5 Å². The summed E-state index contributed by atoms with van der Waals surface area (Å²) < 4.78 is 48.9. The summed E-state index contributed by atoms with van der Waals surface area (Å²) >= 11 is 0.943. The van der Waals surface area contributed by atoms with Crippen LogP contribution in [0.3, 0.4) is 0 Å². The number of carbonyl (C=O) groups excluding carboxylic acids is 2. The Balaban J connectivity index is 2.05. The summed E-state index contributed by atoms with van der Waals surface area (Å²) in [6, 6.07) is 13.6. The second-order valence-corrected chi connectivity index (χ2v) is 7.36. The van der Waals surface area contributed by atoms with Crippen LogP contribution in [0.15, 0.2) is 70.1 Å². The third-order valence-electron chi connectivity index (χ3n) is 4.67. The van der Waals surface area contributed by atoms with Gasteiger partial charge in [0.05, 0.1) is 12.3 Å². The van der Waals surface area contributed by atoms with Crippen molar-refractivity contribution in [3.63, 3.8) is 0 Å². The smallest absolute Gasteiger partial charge is 0.435 e. The van der Waals surface area contributed by atoms with Gasteiger partial charge in [-0.15, -0.1) is 0 Å². The van der Waals surface area contributed by atoms with Crippen molar-refractivity contribution in [3.8, 4) is 0 Å². The Labute approximate surface area is 168 Å². The van der Waals surface area contributed by atoms with Crippen LogP contribution in [0.5, 0.6) is 0 Å². The highest BCUT2D eigenvalue weighted by molar-refractivity contribution is 8.03. The number of amides is 1. The first-order valence-electron chi connectivity index (χ1n) is 8.74. The average molecular weight is 420 g/mol. The maximum absolute atomic E-state index is 14.7. The first-order chi connectivity index (χ1) is 13.8. The van der Waals surface area contributed by atoms with E-state index in [1.54, 1.807) is 31.2 Å². The number of rotatable bonds is 3. The number of para-hydroxylation sites is 1. The largest absolute Gasteiger partial charge is 0.462 e. The molecule has 0 bridgehead atoms. The van der Waals surface area contributed by atoms with E-state index in [1.165, 1.54) is 30.3 Å². The number of carbonyl (C=O) groups is 2. The van der Waals surface area contributed by atoms with Crippen molar-refractivity contribution in [1.29, 1.82) is 0 Å². The summed E-state index contributed by atoms with van der Waals surface area (Å²) in [5.74, 6) is -2.09. The van der Waals surface area contributed by atoms with Crippen molar-refractivity contribution in [3.05, 3.63) is 70.8 Å². The number of thioether (sulfide) groups is 1. The highest BCUT2D eigenvalue weighted by Crippen LogP contribution is 2.57. The first-order valence-corrected chi connectivity index (χ1v) is 9.56. The molecule has 1 N–H and O–H groups in total. The zero-order valence-corrected chi connectivity index (χ0v) is 15.9. The van der Waals surface area contributed by atoms with Gasteiger partial charge in [0.15, 0.2) is 5.57 Å². The van der Waals surface area contributed by atoms with Gasteiger partial charge in [0.1, 0.15) is 5.03 Å². The van der Waals surface area contributed by atoms with E-state index in [0.717, 1.165) is 16.7 Å². The van der Waals surface area contributed by atoms with Gasteiger partial charge in [-0.1, -0.05) is 54.2 Å². The topological polar surface area (TPSA) is 58.6 Å². The number of fused-ring (bicyclic) bond motifs is 3. The Morgan fingerprint density at radius 2 is 1.79 bits per heavy atom. The van der Waals surface area contributed by atoms with Crippen LogP contribution in [0.4, 0.5) is 18.9 Å². The van der Waals surface area contributed by atoms with Gasteiger partial charge in [-0.05, 0) is 19.1 Å². The van der Waals surface area contributed by atoms with Gasteiger partial charge >= 0.3 is 12.1 Å². The monoisotopic (exact) mass is 420 g/mol. The molecule has 9 heteroatoms. The van der Waals surface area contributed by atoms with Crippen LogP contribution in [-0.4, -0.2) is 24.7 Å². The molecule has 2 aliphatic heterocycles. The van der Waals surface area contributed by atoms with Gasteiger partial charge in [-0.25, -0.2) is 4.79 Å². The Morgan fingerprint density at radius 1 is 1.14 bits per heavy atom. The molecule has 0 unspecified atom stereocenters. The third kappa shape index (κ3) is 2.79. The van der Waals surface area contributed by atoms with E-state index in [1.807, 2.05) is 0 Å². The fourth-order valence-corrected chi connectivity index (χ4v) is 4.71. The standard InChI is InChI=1S/C20H15F3N2O3S/c1-2-28-18(27)15-16(26)24-19(20(21,22)23,12-8-4-3-5-9-12)25-13-10-6-7-11-14(13)29-17(15)25/h3-11H,2H2,1H3,(H,24,26)/t19-/m1/s1. The summed E-state index contributed by atoms with van der Waals surface area (Å²) in [5, 5.41) is 1.98. The average Bonchev–Trinajstić information content (AvgIpc) is 3.06. The molecule has 29 heavy (non-hydrogen) atoms. The molecule has 0 aromatic heterocycles. The highest BCUT2D eigenvalue weighted by Gasteiger charge is 2.66. The van der Waals surface area contributed by atoms with Crippen LogP contribution >= 0.6 is 11.8 Å². The fraction of sp³-hybridized carbons (Fsp3) is 0.200. The zero-order valence-electron chi connectivity index (χ0n) is 15.1. The molecule has 0 saturated carbocycles. The Morgan fingerprint density at radius 3 is 2.45 bits per heavy atom. The number of benzene rings is 2. The molecule has 4 rings (SSSR count). The van der Waals surface area contributed by atoms with E-state index in [9.17, 15) is 22.8 Å². The molecule has 0 spiro atoms. The maximum Gasteiger partial charge on any atom is 0.435 e. The molecule has 5 nitrogen and oxygen atoms in total. The van der Waals surface area contributed by atoms with Gasteiger partial charge in [-0.2, -0.15) is 13.2 Å². The molecule has 150 valence electrons. The second kappa shape index (κ2) is 6.84. The SMILES string of the molecule is CCOC(=O)C1=C2Sc3ccccc3N2[C@](c2ccccc2)(C(F)(F)F)NC1=O. The van der Waals surface area contributed by atoms with Crippen LogP contribution in [0.25, 0.3) is 0 Å². The molecular weight excluding hydrogens is 405 g/mol. The molecule has 0 aliphatic carbocycles. The molecule has 0 saturated heterocycles. The quantitative estimate of drug-likeness (QED) is 0.603. The van der Waals surface area contributed by atoms with Crippen LogP contribution in [0, 0.1) is 0 Å². The normalized spacial score (nSPS) is 20.8. The van der Waals surface area contributed by atoms with E-state index < -0.39 is 29.3 Å². The number of esters is 1. The van der Waals surface area contributed by atoms with Crippen molar-refractivity contribution in [2.45, 2.75) is 23.7 Å². The third-order valence-corrected chi connectivity index (χ3v) is 5.81. The van der Waals surface area contributed by atoms with Gasteiger partial charge in [-0.3, -0.25) is 9.69 Å². The predicted molar refractivity (Wildman–Crippen MR) is 101 cm³/mol. The Bertz CT molecular complexity index is 1020. The summed E-state index contributed by atoms with van der Waals surface area (Å²) in [6.07, 6.45) is -4.90. The van der Waals surface area contributed by atoms with Crippen LogP contribution < -0.4 is 10.2 Å². The number of nitrogens with one attached hydrogen (secondary N) is 1. The maximum atomic E-state index is 14.7. The molecule has 2 aromatic rings. The highest BCUT2D eigenvalue weighted by atomic mass is 32.2. The van der Waals surface area contributed by atoms with E-state index in [2.05, 4.69) is 5.32 Å². The van der Waals surface area contributed by atoms with E-state index in [-0.39, 0.29) is 22.9 Å². The Hall–Kier alpha value is -2.94.